The highest BCUT2D eigenvalue weighted by Gasteiger charge is 2.14. The first-order chi connectivity index (χ1) is 12.3. The average molecular weight is 338 g/mol. The van der Waals surface area contributed by atoms with Gasteiger partial charge in [-0.05, 0) is 67.6 Å². The highest BCUT2D eigenvalue weighted by Crippen LogP contribution is 2.33. The maximum atomic E-state index is 11.7. The van der Waals surface area contributed by atoms with Crippen molar-refractivity contribution in [2.24, 2.45) is 0 Å². The summed E-state index contributed by atoms with van der Waals surface area (Å²) in [5.41, 5.74) is 1.96. The topological polar surface area (TPSA) is 35.5 Å². The Hall–Kier alpha value is -2.29. The SMILES string of the molecule is CCOC(=O)c1ccc(Oc2ccc(C3CCCCCC3)cc2)cc1. The lowest BCUT2D eigenvalue weighted by Gasteiger charge is -2.15. The molecule has 0 spiro atoms. The van der Waals surface area contributed by atoms with Gasteiger partial charge >= 0.3 is 5.97 Å². The van der Waals surface area contributed by atoms with Crippen LogP contribution in [0.15, 0.2) is 48.5 Å². The van der Waals surface area contributed by atoms with E-state index in [4.69, 9.17) is 9.47 Å². The number of carbonyl (C=O) groups excluding carboxylic acids is 1. The van der Waals surface area contributed by atoms with Crippen LogP contribution in [0.25, 0.3) is 0 Å². The van der Waals surface area contributed by atoms with Crippen LogP contribution >= 0.6 is 0 Å². The minimum Gasteiger partial charge on any atom is -0.462 e. The summed E-state index contributed by atoms with van der Waals surface area (Å²) < 4.78 is 10.9. The standard InChI is InChI=1S/C22H26O3/c1-2-24-22(23)19-11-15-21(16-12-19)25-20-13-9-18(10-14-20)17-7-5-3-4-6-8-17/h9-17H,2-8H2,1H3. The number of esters is 1. The van der Waals surface area contributed by atoms with Crippen LogP contribution in [0.2, 0.25) is 0 Å². The first-order valence-electron chi connectivity index (χ1n) is 9.31. The second-order valence-corrected chi connectivity index (χ2v) is 6.60. The zero-order valence-electron chi connectivity index (χ0n) is 14.9. The van der Waals surface area contributed by atoms with Gasteiger partial charge in [0.05, 0.1) is 12.2 Å². The van der Waals surface area contributed by atoms with E-state index in [2.05, 4.69) is 12.1 Å². The third-order valence-corrected chi connectivity index (χ3v) is 4.81. The fourth-order valence-electron chi connectivity index (χ4n) is 3.43. The molecule has 1 saturated carbocycles. The van der Waals surface area contributed by atoms with Crippen LogP contribution < -0.4 is 4.74 Å². The van der Waals surface area contributed by atoms with Crippen molar-refractivity contribution in [1.29, 1.82) is 0 Å². The second-order valence-electron chi connectivity index (χ2n) is 6.60. The van der Waals surface area contributed by atoms with Crippen molar-refractivity contribution in [3.05, 3.63) is 59.7 Å². The maximum Gasteiger partial charge on any atom is 0.338 e. The van der Waals surface area contributed by atoms with Gasteiger partial charge in [-0.15, -0.1) is 0 Å². The Morgan fingerprint density at radius 3 is 2.00 bits per heavy atom. The fourth-order valence-corrected chi connectivity index (χ4v) is 3.43. The number of carbonyl (C=O) groups is 1. The van der Waals surface area contributed by atoms with Crippen LogP contribution in [-0.2, 0) is 4.74 Å². The van der Waals surface area contributed by atoms with Crippen molar-refractivity contribution in [2.75, 3.05) is 6.61 Å². The average Bonchev–Trinajstić information content (AvgIpc) is 2.93. The molecule has 25 heavy (non-hydrogen) atoms. The molecule has 0 aliphatic heterocycles. The molecule has 0 radical (unpaired) electrons. The molecule has 0 N–H and O–H groups in total. The summed E-state index contributed by atoms with van der Waals surface area (Å²) in [6.07, 6.45) is 8.04. The van der Waals surface area contributed by atoms with Gasteiger partial charge in [0.1, 0.15) is 11.5 Å². The van der Waals surface area contributed by atoms with Crippen molar-refractivity contribution in [1.82, 2.24) is 0 Å². The number of rotatable bonds is 5. The zero-order valence-corrected chi connectivity index (χ0v) is 14.9. The van der Waals surface area contributed by atoms with Crippen LogP contribution in [0, 0.1) is 0 Å². The van der Waals surface area contributed by atoms with Gasteiger partial charge in [0.25, 0.3) is 0 Å². The lowest BCUT2D eigenvalue weighted by Crippen LogP contribution is -2.04. The Morgan fingerprint density at radius 2 is 1.44 bits per heavy atom. The first-order valence-corrected chi connectivity index (χ1v) is 9.31. The summed E-state index contributed by atoms with van der Waals surface area (Å²) in [7, 11) is 0. The second kappa shape index (κ2) is 8.70. The molecule has 1 aliphatic carbocycles. The summed E-state index contributed by atoms with van der Waals surface area (Å²) in [4.78, 5) is 11.7. The number of ether oxygens (including phenoxy) is 2. The van der Waals surface area contributed by atoms with Crippen LogP contribution in [-0.4, -0.2) is 12.6 Å². The molecule has 1 fully saturated rings. The minimum atomic E-state index is -0.304. The van der Waals surface area contributed by atoms with Crippen LogP contribution in [0.3, 0.4) is 0 Å². The molecule has 2 aromatic rings. The van der Waals surface area contributed by atoms with E-state index in [1.807, 2.05) is 12.1 Å². The Bertz CT molecular complexity index is 665. The van der Waals surface area contributed by atoms with Gasteiger partial charge in [-0.2, -0.15) is 0 Å². The predicted octanol–water partition coefficient (Wildman–Crippen LogP) is 6.09. The normalized spacial score (nSPS) is 15.4. The van der Waals surface area contributed by atoms with E-state index in [0.29, 0.717) is 18.1 Å². The molecule has 0 amide bonds. The van der Waals surface area contributed by atoms with Crippen molar-refractivity contribution < 1.29 is 14.3 Å². The van der Waals surface area contributed by atoms with Crippen molar-refractivity contribution >= 4 is 5.97 Å². The quantitative estimate of drug-likeness (QED) is 0.488. The largest absolute Gasteiger partial charge is 0.462 e. The minimum absolute atomic E-state index is 0.304. The maximum absolute atomic E-state index is 11.7. The summed E-state index contributed by atoms with van der Waals surface area (Å²) >= 11 is 0. The molecule has 0 saturated heterocycles. The molecular formula is C22H26O3. The van der Waals surface area contributed by atoms with Crippen LogP contribution in [0.5, 0.6) is 11.5 Å². The molecule has 3 rings (SSSR count). The summed E-state index contributed by atoms with van der Waals surface area (Å²) in [5, 5.41) is 0. The third-order valence-electron chi connectivity index (χ3n) is 4.81. The molecule has 1 aliphatic rings. The first kappa shape index (κ1) is 17.5. The van der Waals surface area contributed by atoms with Gasteiger partial charge in [-0.3, -0.25) is 0 Å². The van der Waals surface area contributed by atoms with Gasteiger partial charge < -0.3 is 9.47 Å². The summed E-state index contributed by atoms with van der Waals surface area (Å²) in [6, 6.07) is 15.5. The van der Waals surface area contributed by atoms with Gasteiger partial charge in [-0.1, -0.05) is 37.8 Å². The Labute approximate surface area is 150 Å². The molecule has 0 aromatic heterocycles. The number of hydrogen-bond donors (Lipinski definition) is 0. The van der Waals surface area contributed by atoms with E-state index in [1.54, 1.807) is 31.2 Å². The van der Waals surface area contributed by atoms with Gasteiger partial charge in [0, 0.05) is 0 Å². The van der Waals surface area contributed by atoms with E-state index in [0.717, 1.165) is 11.5 Å². The van der Waals surface area contributed by atoms with E-state index < -0.39 is 0 Å². The van der Waals surface area contributed by atoms with Gasteiger partial charge in [-0.25, -0.2) is 4.79 Å². The zero-order chi connectivity index (χ0) is 17.5. The summed E-state index contributed by atoms with van der Waals surface area (Å²) in [6.45, 7) is 2.18. The van der Waals surface area contributed by atoms with E-state index in [1.165, 1.54) is 44.1 Å². The van der Waals surface area contributed by atoms with E-state index >= 15 is 0 Å². The smallest absolute Gasteiger partial charge is 0.338 e. The molecule has 3 heteroatoms. The molecule has 0 atom stereocenters. The number of hydrogen-bond acceptors (Lipinski definition) is 3. The predicted molar refractivity (Wildman–Crippen MR) is 99.4 cm³/mol. The van der Waals surface area contributed by atoms with Crippen LogP contribution in [0.4, 0.5) is 0 Å². The third kappa shape index (κ3) is 4.85. The Morgan fingerprint density at radius 1 is 0.880 bits per heavy atom. The van der Waals surface area contributed by atoms with Crippen LogP contribution in [0.1, 0.15) is 67.3 Å². The number of benzene rings is 2. The molecule has 2 aromatic carbocycles. The molecular weight excluding hydrogens is 312 g/mol. The Balaban J connectivity index is 1.62. The molecule has 0 heterocycles. The van der Waals surface area contributed by atoms with Crippen molar-refractivity contribution in [3.63, 3.8) is 0 Å². The molecule has 0 bridgehead atoms. The fraction of sp³-hybridized carbons (Fsp3) is 0.409. The van der Waals surface area contributed by atoms with Gasteiger partial charge in [0.2, 0.25) is 0 Å². The highest BCUT2D eigenvalue weighted by atomic mass is 16.5. The lowest BCUT2D eigenvalue weighted by atomic mass is 9.92. The van der Waals surface area contributed by atoms with E-state index in [9.17, 15) is 4.79 Å². The van der Waals surface area contributed by atoms with E-state index in [-0.39, 0.29) is 5.97 Å². The Kier molecular flexibility index (Phi) is 6.10. The van der Waals surface area contributed by atoms with Crippen molar-refractivity contribution in [2.45, 2.75) is 51.4 Å². The monoisotopic (exact) mass is 338 g/mol. The van der Waals surface area contributed by atoms with Crippen molar-refractivity contribution in [3.8, 4) is 11.5 Å². The lowest BCUT2D eigenvalue weighted by molar-refractivity contribution is 0.0526. The highest BCUT2D eigenvalue weighted by molar-refractivity contribution is 5.89. The van der Waals surface area contributed by atoms with Gasteiger partial charge in [0.15, 0.2) is 0 Å². The molecule has 3 nitrogen and oxygen atoms in total. The summed E-state index contributed by atoms with van der Waals surface area (Å²) in [5.74, 6) is 1.93. The molecule has 0 unspecified atom stereocenters. The molecule has 132 valence electrons.